The third-order valence-corrected chi connectivity index (χ3v) is 3.90. The van der Waals surface area contributed by atoms with Gasteiger partial charge in [0, 0.05) is 9.86 Å². The quantitative estimate of drug-likeness (QED) is 0.562. The molecule has 4 rings (SSSR count). The van der Waals surface area contributed by atoms with Gasteiger partial charge >= 0.3 is 0 Å². The molecule has 0 aliphatic heterocycles. The first-order chi connectivity index (χ1) is 10.7. The number of fused-ring (bicyclic) bond motifs is 2. The van der Waals surface area contributed by atoms with Crippen molar-refractivity contribution >= 4 is 49.5 Å². The van der Waals surface area contributed by atoms with Gasteiger partial charge in [-0.05, 0) is 36.4 Å². The molecular weight excluding hydrogens is 346 g/mol. The molecule has 0 spiro atoms. The van der Waals surface area contributed by atoms with Gasteiger partial charge in [0.15, 0.2) is 5.76 Å². The maximum atomic E-state index is 12.4. The summed E-state index contributed by atoms with van der Waals surface area (Å²) < 4.78 is 6.51. The molecule has 0 fully saturated rings. The van der Waals surface area contributed by atoms with Crippen LogP contribution in [-0.4, -0.2) is 15.9 Å². The van der Waals surface area contributed by atoms with Crippen molar-refractivity contribution in [3.05, 3.63) is 59.0 Å². The molecule has 2 N–H and O–H groups in total. The Labute approximate surface area is 133 Å². The number of carbonyl (C=O) groups excluding carboxylic acids is 1. The van der Waals surface area contributed by atoms with Crippen molar-refractivity contribution in [2.45, 2.75) is 0 Å². The first-order valence-corrected chi connectivity index (χ1v) is 7.42. The Morgan fingerprint density at radius 3 is 3.05 bits per heavy atom. The smallest absolute Gasteiger partial charge is 0.291 e. The summed E-state index contributed by atoms with van der Waals surface area (Å²) in [4.78, 5) is 19.6. The third kappa shape index (κ3) is 2.17. The van der Waals surface area contributed by atoms with Crippen LogP contribution < -0.4 is 5.32 Å². The van der Waals surface area contributed by atoms with Gasteiger partial charge in [-0.15, -0.1) is 0 Å². The molecule has 0 aliphatic carbocycles. The monoisotopic (exact) mass is 355 g/mol. The number of benzene rings is 2. The van der Waals surface area contributed by atoms with E-state index in [0.29, 0.717) is 11.3 Å². The van der Waals surface area contributed by atoms with Gasteiger partial charge in [0.05, 0.1) is 17.5 Å². The molecular formula is C16H10BrN3O2. The van der Waals surface area contributed by atoms with E-state index in [4.69, 9.17) is 4.42 Å². The van der Waals surface area contributed by atoms with Gasteiger partial charge in [0.2, 0.25) is 0 Å². The maximum Gasteiger partial charge on any atom is 0.291 e. The Balaban J connectivity index is 1.70. The van der Waals surface area contributed by atoms with Crippen molar-refractivity contribution in [3.63, 3.8) is 0 Å². The summed E-state index contributed by atoms with van der Waals surface area (Å²) in [6.45, 7) is 0. The van der Waals surface area contributed by atoms with Crippen molar-refractivity contribution in [1.82, 2.24) is 9.97 Å². The van der Waals surface area contributed by atoms with Crippen LogP contribution in [0.5, 0.6) is 0 Å². The molecule has 5 nitrogen and oxygen atoms in total. The lowest BCUT2D eigenvalue weighted by atomic mass is 10.2. The number of amides is 1. The molecule has 1 amide bonds. The fourth-order valence-corrected chi connectivity index (χ4v) is 2.71. The van der Waals surface area contributed by atoms with Gasteiger partial charge in [-0.1, -0.05) is 22.0 Å². The van der Waals surface area contributed by atoms with E-state index >= 15 is 0 Å². The van der Waals surface area contributed by atoms with Crippen molar-refractivity contribution in [2.24, 2.45) is 0 Å². The van der Waals surface area contributed by atoms with Crippen LogP contribution in [0, 0.1) is 0 Å². The zero-order valence-electron chi connectivity index (χ0n) is 11.3. The Hall–Kier alpha value is -2.60. The van der Waals surface area contributed by atoms with Crippen LogP contribution >= 0.6 is 15.9 Å². The van der Waals surface area contributed by atoms with Gasteiger partial charge in [0.1, 0.15) is 11.1 Å². The molecule has 0 radical (unpaired) electrons. The fourth-order valence-electron chi connectivity index (χ4n) is 2.37. The number of nitrogens with zero attached hydrogens (tertiary/aromatic N) is 1. The van der Waals surface area contributed by atoms with E-state index in [1.54, 1.807) is 18.5 Å². The number of rotatable bonds is 2. The number of nitrogens with one attached hydrogen (secondary N) is 2. The highest BCUT2D eigenvalue weighted by molar-refractivity contribution is 9.10. The second-order valence-corrected chi connectivity index (χ2v) is 5.77. The molecule has 2 aromatic carbocycles. The van der Waals surface area contributed by atoms with Crippen LogP contribution in [0.3, 0.4) is 0 Å². The van der Waals surface area contributed by atoms with E-state index in [0.717, 1.165) is 20.9 Å². The molecule has 0 unspecified atom stereocenters. The maximum absolute atomic E-state index is 12.4. The Kier molecular flexibility index (Phi) is 2.97. The van der Waals surface area contributed by atoms with Crippen LogP contribution in [0.4, 0.5) is 5.69 Å². The van der Waals surface area contributed by atoms with Gasteiger partial charge in [-0.25, -0.2) is 4.98 Å². The summed E-state index contributed by atoms with van der Waals surface area (Å²) in [5.41, 5.74) is 2.89. The second kappa shape index (κ2) is 4.99. The Bertz CT molecular complexity index is 1000. The number of halogens is 1. The number of aromatic amines is 1. The number of para-hydroxylation sites is 1. The molecule has 4 aromatic rings. The summed E-state index contributed by atoms with van der Waals surface area (Å²) in [6.07, 6.45) is 1.60. The standard InChI is InChI=1S/C16H10BrN3O2/c17-10-5-4-9-6-14(22-13(9)7-10)16(21)20-12-3-1-2-11-15(12)19-8-18-11/h1-8H,(H,18,19)(H,20,21). The topological polar surface area (TPSA) is 70.9 Å². The van der Waals surface area contributed by atoms with Crippen LogP contribution in [-0.2, 0) is 0 Å². The number of hydrogen-bond donors (Lipinski definition) is 2. The average Bonchev–Trinajstić information content (AvgIpc) is 3.13. The normalized spacial score (nSPS) is 11.1. The van der Waals surface area contributed by atoms with E-state index in [-0.39, 0.29) is 11.7 Å². The molecule has 0 saturated heterocycles. The lowest BCUT2D eigenvalue weighted by Crippen LogP contribution is -2.11. The second-order valence-electron chi connectivity index (χ2n) is 4.85. The zero-order valence-corrected chi connectivity index (χ0v) is 12.8. The molecule has 2 aromatic heterocycles. The molecule has 0 atom stereocenters. The minimum absolute atomic E-state index is 0.264. The van der Waals surface area contributed by atoms with E-state index in [2.05, 4.69) is 31.2 Å². The van der Waals surface area contributed by atoms with Crippen molar-refractivity contribution in [1.29, 1.82) is 0 Å². The molecule has 0 saturated carbocycles. The molecule has 0 bridgehead atoms. The van der Waals surface area contributed by atoms with Gasteiger partial charge in [-0.3, -0.25) is 4.79 Å². The SMILES string of the molecule is O=C(Nc1cccc2[nH]cnc12)c1cc2ccc(Br)cc2o1. The van der Waals surface area contributed by atoms with E-state index in [1.807, 2.05) is 30.3 Å². The lowest BCUT2D eigenvalue weighted by molar-refractivity contribution is 0.0999. The number of carbonyl (C=O) groups is 1. The predicted octanol–water partition coefficient (Wildman–Crippen LogP) is 4.32. The summed E-state index contributed by atoms with van der Waals surface area (Å²) >= 11 is 3.38. The summed E-state index contributed by atoms with van der Waals surface area (Å²) in [7, 11) is 0. The summed E-state index contributed by atoms with van der Waals surface area (Å²) in [5, 5.41) is 3.72. The third-order valence-electron chi connectivity index (χ3n) is 3.40. The van der Waals surface area contributed by atoms with Crippen molar-refractivity contribution < 1.29 is 9.21 Å². The first kappa shape index (κ1) is 13.1. The molecule has 108 valence electrons. The summed E-state index contributed by atoms with van der Waals surface area (Å²) in [5.74, 6) is -0.0385. The number of anilines is 1. The number of furan rings is 1. The van der Waals surface area contributed by atoms with Gasteiger partial charge in [-0.2, -0.15) is 0 Å². The molecule has 6 heteroatoms. The van der Waals surface area contributed by atoms with E-state index in [9.17, 15) is 4.79 Å². The van der Waals surface area contributed by atoms with E-state index in [1.165, 1.54) is 0 Å². The first-order valence-electron chi connectivity index (χ1n) is 6.63. The number of imidazole rings is 1. The van der Waals surface area contributed by atoms with Crippen LogP contribution in [0.25, 0.3) is 22.0 Å². The largest absolute Gasteiger partial charge is 0.451 e. The molecule has 22 heavy (non-hydrogen) atoms. The fraction of sp³-hybridized carbons (Fsp3) is 0. The van der Waals surface area contributed by atoms with E-state index < -0.39 is 0 Å². The number of aromatic nitrogens is 2. The van der Waals surface area contributed by atoms with Crippen LogP contribution in [0.15, 0.2) is 57.7 Å². The zero-order chi connectivity index (χ0) is 15.1. The Morgan fingerprint density at radius 2 is 2.14 bits per heavy atom. The Morgan fingerprint density at radius 1 is 1.23 bits per heavy atom. The minimum atomic E-state index is -0.303. The lowest BCUT2D eigenvalue weighted by Gasteiger charge is -2.03. The summed E-state index contributed by atoms with van der Waals surface area (Å²) in [6, 6.07) is 12.9. The molecule has 2 heterocycles. The average molecular weight is 356 g/mol. The van der Waals surface area contributed by atoms with Crippen LogP contribution in [0.1, 0.15) is 10.6 Å². The van der Waals surface area contributed by atoms with Gasteiger partial charge in [0.25, 0.3) is 5.91 Å². The predicted molar refractivity (Wildman–Crippen MR) is 88.0 cm³/mol. The highest BCUT2D eigenvalue weighted by Crippen LogP contribution is 2.25. The number of hydrogen-bond acceptors (Lipinski definition) is 3. The molecule has 0 aliphatic rings. The minimum Gasteiger partial charge on any atom is -0.451 e. The highest BCUT2D eigenvalue weighted by Gasteiger charge is 2.14. The van der Waals surface area contributed by atoms with Gasteiger partial charge < -0.3 is 14.7 Å². The van der Waals surface area contributed by atoms with Crippen molar-refractivity contribution in [2.75, 3.05) is 5.32 Å². The highest BCUT2D eigenvalue weighted by atomic mass is 79.9. The number of H-pyrrole nitrogens is 1. The van der Waals surface area contributed by atoms with Crippen LogP contribution in [0.2, 0.25) is 0 Å². The van der Waals surface area contributed by atoms with Crippen molar-refractivity contribution in [3.8, 4) is 0 Å².